The van der Waals surface area contributed by atoms with E-state index in [0.717, 1.165) is 16.9 Å². The third-order valence-corrected chi connectivity index (χ3v) is 4.20. The lowest BCUT2D eigenvalue weighted by atomic mass is 10.1. The van der Waals surface area contributed by atoms with Gasteiger partial charge in [0.25, 0.3) is 5.91 Å². The zero-order valence-electron chi connectivity index (χ0n) is 13.8. The number of hydrogen-bond acceptors (Lipinski definition) is 2. The predicted molar refractivity (Wildman–Crippen MR) is 97.2 cm³/mol. The maximum absolute atomic E-state index is 12.8. The van der Waals surface area contributed by atoms with Gasteiger partial charge in [-0.3, -0.25) is 4.79 Å². The van der Waals surface area contributed by atoms with Crippen molar-refractivity contribution in [1.82, 2.24) is 9.78 Å². The Morgan fingerprint density at radius 3 is 2.50 bits per heavy atom. The molecule has 5 heteroatoms. The number of halogens is 1. The largest absolute Gasteiger partial charge is 0.322 e. The first-order chi connectivity index (χ1) is 11.5. The average Bonchev–Trinajstić information content (AvgIpc) is 2.86. The highest BCUT2D eigenvalue weighted by molar-refractivity contribution is 6.31. The Hall–Kier alpha value is -2.59. The minimum Gasteiger partial charge on any atom is -0.322 e. The summed E-state index contributed by atoms with van der Waals surface area (Å²) >= 11 is 6.03. The van der Waals surface area contributed by atoms with Crippen molar-refractivity contribution in [2.45, 2.75) is 20.8 Å². The molecule has 1 aromatic heterocycles. The molecule has 0 fully saturated rings. The quantitative estimate of drug-likeness (QED) is 0.751. The van der Waals surface area contributed by atoms with E-state index in [1.165, 1.54) is 0 Å². The highest BCUT2D eigenvalue weighted by atomic mass is 35.5. The van der Waals surface area contributed by atoms with E-state index in [2.05, 4.69) is 10.4 Å². The highest BCUT2D eigenvalue weighted by Crippen LogP contribution is 2.23. The van der Waals surface area contributed by atoms with E-state index in [0.29, 0.717) is 22.0 Å². The van der Waals surface area contributed by atoms with Crippen LogP contribution in [-0.4, -0.2) is 15.7 Å². The number of aromatic nitrogens is 2. The summed E-state index contributed by atoms with van der Waals surface area (Å²) in [5.74, 6) is -0.183. The number of aryl methyl sites for hydroxylation is 2. The first-order valence-electron chi connectivity index (χ1n) is 7.66. The fourth-order valence-electron chi connectivity index (χ4n) is 2.71. The summed E-state index contributed by atoms with van der Waals surface area (Å²) < 4.78 is 1.79. The summed E-state index contributed by atoms with van der Waals surface area (Å²) in [6.07, 6.45) is 0. The molecular formula is C19H18ClN3O. The first kappa shape index (κ1) is 16.3. The van der Waals surface area contributed by atoms with Crippen LogP contribution in [0.3, 0.4) is 0 Å². The zero-order chi connectivity index (χ0) is 17.3. The van der Waals surface area contributed by atoms with Gasteiger partial charge in [0.15, 0.2) is 0 Å². The number of nitrogens with one attached hydrogen (secondary N) is 1. The van der Waals surface area contributed by atoms with Gasteiger partial charge < -0.3 is 5.32 Å². The van der Waals surface area contributed by atoms with Crippen LogP contribution < -0.4 is 5.32 Å². The van der Waals surface area contributed by atoms with E-state index < -0.39 is 0 Å². The van der Waals surface area contributed by atoms with Crippen LogP contribution >= 0.6 is 11.6 Å². The van der Waals surface area contributed by atoms with Crippen LogP contribution in [-0.2, 0) is 0 Å². The molecule has 3 aromatic rings. The summed E-state index contributed by atoms with van der Waals surface area (Å²) in [7, 11) is 0. The number of carbonyl (C=O) groups excluding carboxylic acids is 1. The Morgan fingerprint density at radius 1 is 1.08 bits per heavy atom. The molecule has 0 saturated heterocycles. The van der Waals surface area contributed by atoms with Gasteiger partial charge in [-0.1, -0.05) is 35.9 Å². The van der Waals surface area contributed by atoms with Crippen molar-refractivity contribution in [2.24, 2.45) is 0 Å². The molecule has 0 aliphatic heterocycles. The van der Waals surface area contributed by atoms with Crippen molar-refractivity contribution >= 4 is 23.2 Å². The molecule has 122 valence electrons. The van der Waals surface area contributed by atoms with Crippen LogP contribution in [0, 0.1) is 20.8 Å². The summed E-state index contributed by atoms with van der Waals surface area (Å²) in [5, 5.41) is 8.04. The third-order valence-electron chi connectivity index (χ3n) is 3.97. The van der Waals surface area contributed by atoms with Gasteiger partial charge in [0.05, 0.1) is 22.6 Å². The van der Waals surface area contributed by atoms with Crippen molar-refractivity contribution in [1.29, 1.82) is 0 Å². The first-order valence-corrected chi connectivity index (χ1v) is 8.04. The van der Waals surface area contributed by atoms with Gasteiger partial charge in [-0.25, -0.2) is 4.68 Å². The zero-order valence-corrected chi connectivity index (χ0v) is 14.6. The fourth-order valence-corrected chi connectivity index (χ4v) is 2.88. The second-order valence-corrected chi connectivity index (χ2v) is 6.14. The molecular weight excluding hydrogens is 322 g/mol. The van der Waals surface area contributed by atoms with Gasteiger partial charge in [-0.2, -0.15) is 5.10 Å². The van der Waals surface area contributed by atoms with Crippen LogP contribution in [0.25, 0.3) is 5.69 Å². The number of rotatable bonds is 3. The number of hydrogen-bond donors (Lipinski definition) is 1. The standard InChI is InChI=1S/C19H18ClN3O/c1-12-9-10-15(20)11-17(12)21-19(24)18-13(2)22-23(14(18)3)16-7-5-4-6-8-16/h4-11H,1-3H3,(H,21,24). The van der Waals surface area contributed by atoms with Crippen molar-refractivity contribution in [3.05, 3.63) is 76.1 Å². The Kier molecular flexibility index (Phi) is 4.40. The summed E-state index contributed by atoms with van der Waals surface area (Å²) in [5.41, 5.74) is 4.66. The van der Waals surface area contributed by atoms with E-state index >= 15 is 0 Å². The maximum atomic E-state index is 12.8. The van der Waals surface area contributed by atoms with E-state index in [4.69, 9.17) is 11.6 Å². The molecule has 0 radical (unpaired) electrons. The molecule has 24 heavy (non-hydrogen) atoms. The fraction of sp³-hybridized carbons (Fsp3) is 0.158. The normalized spacial score (nSPS) is 10.7. The van der Waals surface area contributed by atoms with E-state index in [1.807, 2.05) is 57.2 Å². The Labute approximate surface area is 146 Å². The second-order valence-electron chi connectivity index (χ2n) is 5.71. The van der Waals surface area contributed by atoms with E-state index in [9.17, 15) is 4.79 Å². The molecule has 0 saturated carbocycles. The van der Waals surface area contributed by atoms with E-state index in [1.54, 1.807) is 16.8 Å². The van der Waals surface area contributed by atoms with Gasteiger partial charge in [-0.15, -0.1) is 0 Å². The van der Waals surface area contributed by atoms with Crippen molar-refractivity contribution < 1.29 is 4.79 Å². The molecule has 0 aliphatic rings. The van der Waals surface area contributed by atoms with Gasteiger partial charge >= 0.3 is 0 Å². The molecule has 1 N–H and O–H groups in total. The van der Waals surface area contributed by atoms with Gasteiger partial charge in [0, 0.05) is 10.7 Å². The number of benzene rings is 2. The molecule has 1 amide bonds. The lowest BCUT2D eigenvalue weighted by Crippen LogP contribution is -2.15. The molecule has 1 heterocycles. The van der Waals surface area contributed by atoms with Crippen LogP contribution in [0.15, 0.2) is 48.5 Å². The van der Waals surface area contributed by atoms with Crippen molar-refractivity contribution in [2.75, 3.05) is 5.32 Å². The predicted octanol–water partition coefficient (Wildman–Crippen LogP) is 4.70. The molecule has 2 aromatic carbocycles. The minimum atomic E-state index is -0.183. The van der Waals surface area contributed by atoms with Gasteiger partial charge in [0.1, 0.15) is 0 Å². The van der Waals surface area contributed by atoms with Gasteiger partial charge in [-0.05, 0) is 50.6 Å². The Bertz CT molecular complexity index is 900. The topological polar surface area (TPSA) is 46.9 Å². The van der Waals surface area contributed by atoms with Crippen molar-refractivity contribution in [3.8, 4) is 5.69 Å². The maximum Gasteiger partial charge on any atom is 0.259 e. The smallest absolute Gasteiger partial charge is 0.259 e. The van der Waals surface area contributed by atoms with Crippen LogP contribution in [0.2, 0.25) is 5.02 Å². The van der Waals surface area contributed by atoms with Crippen molar-refractivity contribution in [3.63, 3.8) is 0 Å². The van der Waals surface area contributed by atoms with Crippen LogP contribution in [0.1, 0.15) is 27.3 Å². The highest BCUT2D eigenvalue weighted by Gasteiger charge is 2.20. The average molecular weight is 340 g/mol. The summed E-state index contributed by atoms with van der Waals surface area (Å²) in [6.45, 7) is 5.66. The Morgan fingerprint density at radius 2 is 1.79 bits per heavy atom. The van der Waals surface area contributed by atoms with Gasteiger partial charge in [0.2, 0.25) is 0 Å². The number of anilines is 1. The number of carbonyl (C=O) groups is 1. The third kappa shape index (κ3) is 3.05. The Balaban J connectivity index is 1.96. The van der Waals surface area contributed by atoms with Crippen LogP contribution in [0.4, 0.5) is 5.69 Å². The summed E-state index contributed by atoms with van der Waals surface area (Å²) in [4.78, 5) is 12.8. The van der Waals surface area contributed by atoms with Crippen LogP contribution in [0.5, 0.6) is 0 Å². The number of amides is 1. The second kappa shape index (κ2) is 6.49. The molecule has 0 bridgehead atoms. The molecule has 4 nitrogen and oxygen atoms in total. The summed E-state index contributed by atoms with van der Waals surface area (Å²) in [6, 6.07) is 15.2. The molecule has 0 spiro atoms. The number of para-hydroxylation sites is 1. The van der Waals surface area contributed by atoms with E-state index in [-0.39, 0.29) is 5.91 Å². The molecule has 0 aliphatic carbocycles. The molecule has 0 atom stereocenters. The molecule has 3 rings (SSSR count). The monoisotopic (exact) mass is 339 g/mol. The lowest BCUT2D eigenvalue weighted by molar-refractivity contribution is 0.102. The lowest BCUT2D eigenvalue weighted by Gasteiger charge is -2.09. The number of nitrogens with zero attached hydrogens (tertiary/aromatic N) is 2. The SMILES string of the molecule is Cc1ccc(Cl)cc1NC(=O)c1c(C)nn(-c2ccccc2)c1C. The molecule has 0 unspecified atom stereocenters. The minimum absolute atomic E-state index is 0.183.